The third kappa shape index (κ3) is 2.12. The van der Waals surface area contributed by atoms with Gasteiger partial charge in [-0.15, -0.1) is 0 Å². The van der Waals surface area contributed by atoms with E-state index in [0.29, 0.717) is 12.5 Å². The van der Waals surface area contributed by atoms with Crippen molar-refractivity contribution in [1.82, 2.24) is 0 Å². The lowest BCUT2D eigenvalue weighted by Gasteiger charge is -2.61. The number of cyclic esters (lactones) is 1. The van der Waals surface area contributed by atoms with E-state index >= 15 is 0 Å². The number of carbonyl (C=O) groups is 1. The quantitative estimate of drug-likeness (QED) is 0.608. The lowest BCUT2D eigenvalue weighted by atomic mass is 9.45. The average molecular weight is 314 g/mol. The Morgan fingerprint density at radius 1 is 1.39 bits per heavy atom. The molecule has 3 aliphatic rings. The normalized spacial score (nSPS) is 39.7. The summed E-state index contributed by atoms with van der Waals surface area (Å²) in [6.45, 7) is 7.30. The predicted molar refractivity (Wildman–Crippen MR) is 87.7 cm³/mol. The van der Waals surface area contributed by atoms with Crippen molar-refractivity contribution < 1.29 is 13.9 Å². The zero-order valence-corrected chi connectivity index (χ0v) is 14.0. The molecule has 1 aromatic rings. The summed E-state index contributed by atoms with van der Waals surface area (Å²) in [7, 11) is 0. The molecule has 3 heteroatoms. The molecule has 0 radical (unpaired) electrons. The van der Waals surface area contributed by atoms with E-state index in [9.17, 15) is 4.79 Å². The maximum Gasteiger partial charge on any atom is 0.313 e. The number of hydrogen-bond acceptors (Lipinski definition) is 3. The van der Waals surface area contributed by atoms with Gasteiger partial charge in [0, 0.05) is 5.41 Å². The third-order valence-corrected chi connectivity index (χ3v) is 6.88. The molecule has 23 heavy (non-hydrogen) atoms. The van der Waals surface area contributed by atoms with Crippen LogP contribution in [-0.2, 0) is 16.0 Å². The fraction of sp³-hybridized carbons (Fsp3) is 0.650. The van der Waals surface area contributed by atoms with Crippen LogP contribution in [0, 0.1) is 22.7 Å². The number of aryl methyl sites for hydroxylation is 1. The Bertz CT molecular complexity index is 617. The van der Waals surface area contributed by atoms with Gasteiger partial charge in [0.05, 0.1) is 24.5 Å². The Labute approximate surface area is 138 Å². The van der Waals surface area contributed by atoms with Gasteiger partial charge in [-0.3, -0.25) is 4.79 Å². The molecule has 1 aromatic heterocycles. The third-order valence-electron chi connectivity index (χ3n) is 6.88. The molecule has 0 N–H and O–H groups in total. The largest absolute Gasteiger partial charge is 0.472 e. The monoisotopic (exact) mass is 314 g/mol. The van der Waals surface area contributed by atoms with Crippen LogP contribution in [0.5, 0.6) is 0 Å². The van der Waals surface area contributed by atoms with Crippen molar-refractivity contribution in [3.63, 3.8) is 0 Å². The number of carbonyl (C=O) groups excluding carboxylic acids is 1. The summed E-state index contributed by atoms with van der Waals surface area (Å²) in [4.78, 5) is 12.9. The van der Waals surface area contributed by atoms with Gasteiger partial charge in [0.2, 0.25) is 0 Å². The molecule has 3 nitrogen and oxygen atoms in total. The SMILES string of the molecule is C=C1CC[C@@H]2[C@]3(C)CCC[C@@]2(C(=O)OC3)[C@@H]1CCc1ccoc1. The molecular weight excluding hydrogens is 288 g/mol. The molecule has 0 spiro atoms. The van der Waals surface area contributed by atoms with Crippen molar-refractivity contribution in [1.29, 1.82) is 0 Å². The average Bonchev–Trinajstić information content (AvgIpc) is 3.04. The Hall–Kier alpha value is -1.51. The molecule has 2 aliphatic carbocycles. The molecule has 0 amide bonds. The van der Waals surface area contributed by atoms with Crippen molar-refractivity contribution in [2.24, 2.45) is 22.7 Å². The second-order valence-electron chi connectivity index (χ2n) is 8.10. The summed E-state index contributed by atoms with van der Waals surface area (Å²) in [6.07, 6.45) is 10.9. The van der Waals surface area contributed by atoms with Crippen molar-refractivity contribution in [2.75, 3.05) is 6.61 Å². The summed E-state index contributed by atoms with van der Waals surface area (Å²) in [5, 5.41) is 0. The first kappa shape index (κ1) is 15.0. The summed E-state index contributed by atoms with van der Waals surface area (Å²) < 4.78 is 10.9. The summed E-state index contributed by atoms with van der Waals surface area (Å²) >= 11 is 0. The van der Waals surface area contributed by atoms with Gasteiger partial charge in [-0.1, -0.05) is 25.5 Å². The maximum atomic E-state index is 12.9. The fourth-order valence-electron chi connectivity index (χ4n) is 5.78. The van der Waals surface area contributed by atoms with E-state index in [1.54, 1.807) is 6.26 Å². The molecule has 1 aliphatic heterocycles. The Morgan fingerprint density at radius 2 is 2.26 bits per heavy atom. The Morgan fingerprint density at radius 3 is 3.04 bits per heavy atom. The fourth-order valence-corrected chi connectivity index (χ4v) is 5.78. The molecule has 2 heterocycles. The maximum absolute atomic E-state index is 12.9. The zero-order valence-electron chi connectivity index (χ0n) is 14.0. The lowest BCUT2D eigenvalue weighted by Crippen LogP contribution is -2.61. The van der Waals surface area contributed by atoms with Crippen molar-refractivity contribution in [3.05, 3.63) is 36.3 Å². The zero-order chi connectivity index (χ0) is 16.1. The van der Waals surface area contributed by atoms with Gasteiger partial charge in [0.15, 0.2) is 0 Å². The highest BCUT2D eigenvalue weighted by molar-refractivity contribution is 5.80. The molecule has 2 saturated carbocycles. The van der Waals surface area contributed by atoms with E-state index < -0.39 is 0 Å². The number of esters is 1. The molecule has 3 fully saturated rings. The van der Waals surface area contributed by atoms with Crippen LogP contribution < -0.4 is 0 Å². The smallest absolute Gasteiger partial charge is 0.313 e. The first-order valence-electron chi connectivity index (χ1n) is 8.92. The minimum Gasteiger partial charge on any atom is -0.472 e. The molecule has 0 aromatic carbocycles. The van der Waals surface area contributed by atoms with Crippen LogP contribution in [0.15, 0.2) is 35.2 Å². The van der Waals surface area contributed by atoms with E-state index in [4.69, 9.17) is 9.15 Å². The van der Waals surface area contributed by atoms with Gasteiger partial charge >= 0.3 is 5.97 Å². The van der Waals surface area contributed by atoms with Crippen LogP contribution in [0.1, 0.15) is 51.0 Å². The van der Waals surface area contributed by atoms with Crippen LogP contribution in [0.3, 0.4) is 0 Å². The Balaban J connectivity index is 1.68. The minimum atomic E-state index is -0.315. The molecule has 124 valence electrons. The topological polar surface area (TPSA) is 39.4 Å². The van der Waals surface area contributed by atoms with Crippen molar-refractivity contribution in [2.45, 2.75) is 51.9 Å². The van der Waals surface area contributed by atoms with Crippen LogP contribution in [0.4, 0.5) is 0 Å². The van der Waals surface area contributed by atoms with Gasteiger partial charge in [-0.05, 0) is 62.0 Å². The van der Waals surface area contributed by atoms with E-state index in [2.05, 4.69) is 13.5 Å². The number of hydrogen-bond donors (Lipinski definition) is 0. The van der Waals surface area contributed by atoms with E-state index in [-0.39, 0.29) is 22.7 Å². The highest BCUT2D eigenvalue weighted by atomic mass is 16.5. The summed E-state index contributed by atoms with van der Waals surface area (Å²) in [6, 6.07) is 2.02. The van der Waals surface area contributed by atoms with E-state index in [1.807, 2.05) is 12.3 Å². The van der Waals surface area contributed by atoms with Crippen molar-refractivity contribution >= 4 is 5.97 Å². The number of rotatable bonds is 3. The molecule has 4 rings (SSSR count). The molecule has 4 atom stereocenters. The summed E-state index contributed by atoms with van der Waals surface area (Å²) in [5.74, 6) is 0.770. The van der Waals surface area contributed by atoms with Gasteiger partial charge < -0.3 is 9.15 Å². The van der Waals surface area contributed by atoms with Crippen molar-refractivity contribution in [3.8, 4) is 0 Å². The van der Waals surface area contributed by atoms with Gasteiger partial charge in [0.1, 0.15) is 0 Å². The second-order valence-corrected chi connectivity index (χ2v) is 8.10. The summed E-state index contributed by atoms with van der Waals surface area (Å²) in [5.41, 5.74) is 2.32. The molecule has 2 bridgehead atoms. The lowest BCUT2D eigenvalue weighted by molar-refractivity contribution is -0.207. The number of ether oxygens (including phenoxy) is 1. The number of furan rings is 1. The van der Waals surface area contributed by atoms with Crippen LogP contribution >= 0.6 is 0 Å². The first-order valence-corrected chi connectivity index (χ1v) is 8.92. The molecular formula is C20H26O3. The Kier molecular flexibility index (Phi) is 3.44. The predicted octanol–water partition coefficient (Wildman–Crippen LogP) is 4.53. The highest BCUT2D eigenvalue weighted by Crippen LogP contribution is 2.64. The van der Waals surface area contributed by atoms with Crippen LogP contribution in [-0.4, -0.2) is 12.6 Å². The van der Waals surface area contributed by atoms with Gasteiger partial charge in [0.25, 0.3) is 0 Å². The highest BCUT2D eigenvalue weighted by Gasteiger charge is 2.64. The van der Waals surface area contributed by atoms with Gasteiger partial charge in [-0.2, -0.15) is 0 Å². The van der Waals surface area contributed by atoms with E-state index in [1.165, 1.54) is 17.6 Å². The van der Waals surface area contributed by atoms with Crippen LogP contribution in [0.2, 0.25) is 0 Å². The van der Waals surface area contributed by atoms with E-state index in [0.717, 1.165) is 38.5 Å². The standard InChI is InChI=1S/C20H26O3/c1-14-4-7-17-19(2)9-3-10-20(17,18(21)23-13-19)16(14)6-5-15-8-11-22-12-15/h8,11-12,16-17H,1,3-7,9-10,13H2,2H3/t16-,17-,19-,20-/m1/s1. The second kappa shape index (κ2) is 5.25. The molecule has 0 unspecified atom stereocenters. The number of allylic oxidation sites excluding steroid dienone is 1. The molecule has 1 saturated heterocycles. The van der Waals surface area contributed by atoms with Crippen LogP contribution in [0.25, 0.3) is 0 Å². The van der Waals surface area contributed by atoms with Gasteiger partial charge in [-0.25, -0.2) is 0 Å². The first-order chi connectivity index (χ1) is 11.1. The minimum absolute atomic E-state index is 0.0534.